The third-order valence-electron chi connectivity index (χ3n) is 8.89. The zero-order chi connectivity index (χ0) is 34.3. The SMILES string of the molecule is C=C(N[C@@H](CN=P(c1ccc(OC)cc1)(c1ccc(OC)cc1)c1ccc(OC)cc1)C(C)(C)C)N[C@H](C)c1cccc2ccccc12. The summed E-state index contributed by atoms with van der Waals surface area (Å²) in [7, 11) is 2.53. The molecule has 2 N–H and O–H groups in total. The minimum absolute atomic E-state index is 0.0219. The second kappa shape index (κ2) is 15.0. The highest BCUT2D eigenvalue weighted by Crippen LogP contribution is 2.47. The first-order chi connectivity index (χ1) is 23.1. The van der Waals surface area contributed by atoms with Crippen LogP contribution in [0.1, 0.15) is 39.3 Å². The van der Waals surface area contributed by atoms with Crippen LogP contribution >= 0.6 is 7.05 Å². The van der Waals surface area contributed by atoms with Gasteiger partial charge in [0.1, 0.15) is 17.2 Å². The van der Waals surface area contributed by atoms with E-state index in [1.807, 2.05) is 36.4 Å². The van der Waals surface area contributed by atoms with Gasteiger partial charge in [0.2, 0.25) is 0 Å². The van der Waals surface area contributed by atoms with Gasteiger partial charge in [-0.05, 0) is 101 Å². The quantitative estimate of drug-likeness (QED) is 0.125. The number of hydrogen-bond acceptors (Lipinski definition) is 6. The van der Waals surface area contributed by atoms with Crippen molar-refractivity contribution >= 4 is 33.7 Å². The fourth-order valence-corrected chi connectivity index (χ4v) is 9.58. The molecule has 0 amide bonds. The summed E-state index contributed by atoms with van der Waals surface area (Å²) in [6.45, 7) is 13.9. The Labute approximate surface area is 286 Å². The molecule has 0 bridgehead atoms. The van der Waals surface area contributed by atoms with Crippen molar-refractivity contribution in [2.75, 3.05) is 27.9 Å². The van der Waals surface area contributed by atoms with E-state index < -0.39 is 7.05 Å². The Hall–Kier alpha value is -4.67. The molecule has 0 aliphatic carbocycles. The predicted octanol–water partition coefficient (Wildman–Crippen LogP) is 8.17. The summed E-state index contributed by atoms with van der Waals surface area (Å²) < 4.78 is 22.4. The van der Waals surface area contributed by atoms with Gasteiger partial charge in [-0.25, -0.2) is 0 Å². The molecule has 0 saturated carbocycles. The lowest BCUT2D eigenvalue weighted by atomic mass is 9.87. The van der Waals surface area contributed by atoms with E-state index in [9.17, 15) is 0 Å². The minimum atomic E-state index is -2.55. The third kappa shape index (κ3) is 7.55. The Bertz CT molecular complexity index is 1750. The van der Waals surface area contributed by atoms with Crippen molar-refractivity contribution in [3.05, 3.63) is 133 Å². The van der Waals surface area contributed by atoms with Crippen molar-refractivity contribution < 1.29 is 14.2 Å². The zero-order valence-corrected chi connectivity index (χ0v) is 30.1. The molecule has 6 nitrogen and oxygen atoms in total. The Balaban J connectivity index is 1.57. The van der Waals surface area contributed by atoms with Crippen LogP contribution in [0.3, 0.4) is 0 Å². The van der Waals surface area contributed by atoms with Gasteiger partial charge in [-0.1, -0.05) is 69.8 Å². The lowest BCUT2D eigenvalue weighted by Gasteiger charge is -2.35. The number of ether oxygens (including phenoxy) is 3. The summed E-state index contributed by atoms with van der Waals surface area (Å²) in [5.74, 6) is 3.18. The second-order valence-corrected chi connectivity index (χ2v) is 16.1. The Morgan fingerprint density at radius 2 is 1.12 bits per heavy atom. The van der Waals surface area contributed by atoms with Gasteiger partial charge in [0.25, 0.3) is 0 Å². The molecule has 0 unspecified atom stereocenters. The third-order valence-corrected chi connectivity index (χ3v) is 12.6. The monoisotopic (exact) mass is 661 g/mol. The number of hydrogen-bond donors (Lipinski definition) is 2. The van der Waals surface area contributed by atoms with Gasteiger partial charge in [-0.15, -0.1) is 0 Å². The molecule has 0 aromatic heterocycles. The van der Waals surface area contributed by atoms with Crippen LogP contribution in [-0.2, 0) is 0 Å². The number of benzene rings is 5. The van der Waals surface area contributed by atoms with E-state index in [0.29, 0.717) is 6.54 Å². The van der Waals surface area contributed by atoms with Gasteiger partial charge in [-0.3, -0.25) is 4.74 Å². The van der Waals surface area contributed by atoms with Crippen LogP contribution in [0.2, 0.25) is 0 Å². The van der Waals surface area contributed by atoms with Crippen LogP contribution < -0.4 is 40.8 Å². The molecule has 5 rings (SSSR count). The average molecular weight is 662 g/mol. The molecule has 0 spiro atoms. The van der Waals surface area contributed by atoms with Crippen molar-refractivity contribution in [3.63, 3.8) is 0 Å². The van der Waals surface area contributed by atoms with E-state index in [4.69, 9.17) is 19.0 Å². The number of fused-ring (bicyclic) bond motifs is 1. The number of methoxy groups -OCH3 is 3. The van der Waals surface area contributed by atoms with Crippen molar-refractivity contribution in [1.29, 1.82) is 0 Å². The van der Waals surface area contributed by atoms with E-state index >= 15 is 0 Å². The van der Waals surface area contributed by atoms with E-state index in [2.05, 4.69) is 124 Å². The van der Waals surface area contributed by atoms with E-state index in [0.717, 1.165) is 39.0 Å². The van der Waals surface area contributed by atoms with E-state index in [1.165, 1.54) is 16.3 Å². The highest BCUT2D eigenvalue weighted by atomic mass is 31.2. The summed E-state index contributed by atoms with van der Waals surface area (Å²) in [5, 5.41) is 13.2. The molecule has 0 aliphatic rings. The van der Waals surface area contributed by atoms with Gasteiger partial charge in [0, 0.05) is 15.9 Å². The van der Waals surface area contributed by atoms with Gasteiger partial charge < -0.3 is 24.8 Å². The second-order valence-electron chi connectivity index (χ2n) is 13.0. The Morgan fingerprint density at radius 1 is 0.667 bits per heavy atom. The first-order valence-corrected chi connectivity index (χ1v) is 18.0. The highest BCUT2D eigenvalue weighted by Gasteiger charge is 2.31. The lowest BCUT2D eigenvalue weighted by molar-refractivity contribution is 0.284. The topological polar surface area (TPSA) is 64.1 Å². The van der Waals surface area contributed by atoms with Crippen LogP contribution in [0, 0.1) is 5.41 Å². The molecule has 2 atom stereocenters. The highest BCUT2D eigenvalue weighted by molar-refractivity contribution is 7.87. The van der Waals surface area contributed by atoms with Gasteiger partial charge >= 0.3 is 0 Å². The molecule has 0 fully saturated rings. The van der Waals surface area contributed by atoms with E-state index in [1.54, 1.807) is 21.3 Å². The number of rotatable bonds is 13. The molecular weight excluding hydrogens is 613 g/mol. The molecule has 0 heterocycles. The Morgan fingerprint density at radius 3 is 1.58 bits per heavy atom. The van der Waals surface area contributed by atoms with Crippen molar-refractivity contribution in [3.8, 4) is 17.2 Å². The largest absolute Gasteiger partial charge is 0.497 e. The molecule has 5 aromatic rings. The van der Waals surface area contributed by atoms with Crippen LogP contribution in [0.4, 0.5) is 0 Å². The fourth-order valence-electron chi connectivity index (χ4n) is 6.05. The standard InChI is InChI=1S/C41H48N3O3P/c1-29(38-15-11-13-31-12-9-10-14-39(31)38)43-30(2)44-40(41(3,4)5)28-42-48(35-22-16-32(45-6)17-23-35,36-24-18-33(46-7)19-25-36)37-26-20-34(47-8)21-27-37/h9-27,29,40,43-44H,2,28H2,1,3-8H3/t29-,40+/m1/s1. The summed E-state index contributed by atoms with van der Waals surface area (Å²) >= 11 is 0. The average Bonchev–Trinajstić information content (AvgIpc) is 3.11. The molecule has 0 radical (unpaired) electrons. The summed E-state index contributed by atoms with van der Waals surface area (Å²) in [6, 6.07) is 40.0. The number of nitrogens with one attached hydrogen (secondary N) is 2. The van der Waals surface area contributed by atoms with Crippen molar-refractivity contribution in [2.45, 2.75) is 39.8 Å². The molecule has 250 valence electrons. The maximum atomic E-state index is 5.79. The predicted molar refractivity (Wildman–Crippen MR) is 203 cm³/mol. The number of nitrogens with zero attached hydrogens (tertiary/aromatic N) is 1. The van der Waals surface area contributed by atoms with Crippen LogP contribution in [0.25, 0.3) is 10.8 Å². The summed E-state index contributed by atoms with van der Waals surface area (Å²) in [6.07, 6.45) is 0. The fraction of sp³-hybridized carbons (Fsp3) is 0.268. The minimum Gasteiger partial charge on any atom is -0.497 e. The normalized spacial score (nSPS) is 12.9. The molecule has 5 aromatic carbocycles. The van der Waals surface area contributed by atoms with Crippen LogP contribution in [0.5, 0.6) is 17.2 Å². The molecule has 48 heavy (non-hydrogen) atoms. The van der Waals surface area contributed by atoms with Gasteiger partial charge in [0.15, 0.2) is 0 Å². The van der Waals surface area contributed by atoms with Gasteiger partial charge in [0.05, 0.1) is 52.8 Å². The molecule has 7 heteroatoms. The van der Waals surface area contributed by atoms with Gasteiger partial charge in [-0.2, -0.15) is 0 Å². The first-order valence-electron chi connectivity index (χ1n) is 16.3. The van der Waals surface area contributed by atoms with Crippen LogP contribution in [-0.4, -0.2) is 33.9 Å². The molecule has 0 aliphatic heterocycles. The first kappa shape index (κ1) is 34.7. The lowest BCUT2D eigenvalue weighted by Crippen LogP contribution is -2.45. The van der Waals surface area contributed by atoms with E-state index in [-0.39, 0.29) is 17.5 Å². The Kier molecular flexibility index (Phi) is 10.9. The smallest absolute Gasteiger partial charge is 0.118 e. The maximum Gasteiger partial charge on any atom is 0.118 e. The zero-order valence-electron chi connectivity index (χ0n) is 29.2. The van der Waals surface area contributed by atoms with Crippen molar-refractivity contribution in [2.24, 2.45) is 10.2 Å². The maximum absolute atomic E-state index is 5.79. The van der Waals surface area contributed by atoms with Crippen molar-refractivity contribution in [1.82, 2.24) is 10.6 Å². The van der Waals surface area contributed by atoms with Crippen LogP contribution in [0.15, 0.2) is 132 Å². The summed E-state index contributed by atoms with van der Waals surface area (Å²) in [5.41, 5.74) is 1.10. The molecular formula is C41H48N3O3P. The summed E-state index contributed by atoms with van der Waals surface area (Å²) in [4.78, 5) is 0. The molecule has 0 saturated heterocycles.